The highest BCUT2D eigenvalue weighted by atomic mass is 16.2. The molecule has 0 bridgehead atoms. The number of benzene rings is 1. The van der Waals surface area contributed by atoms with E-state index in [1.54, 1.807) is 24.3 Å². The lowest BCUT2D eigenvalue weighted by Gasteiger charge is -2.37. The van der Waals surface area contributed by atoms with Crippen molar-refractivity contribution < 1.29 is 9.59 Å². The van der Waals surface area contributed by atoms with Gasteiger partial charge in [0.05, 0.1) is 17.3 Å². The van der Waals surface area contributed by atoms with Crippen LogP contribution in [0.3, 0.4) is 0 Å². The number of rotatable bonds is 3. The van der Waals surface area contributed by atoms with Crippen LogP contribution in [0.4, 0.5) is 0 Å². The maximum Gasteiger partial charge on any atom is 0.274 e. The monoisotopic (exact) mass is 314 g/mol. The van der Waals surface area contributed by atoms with E-state index in [4.69, 9.17) is 5.73 Å². The highest BCUT2D eigenvalue weighted by Crippen LogP contribution is 2.21. The van der Waals surface area contributed by atoms with Crippen molar-refractivity contribution in [3.05, 3.63) is 40.3 Å². The summed E-state index contributed by atoms with van der Waals surface area (Å²) in [5, 5.41) is 5.26. The Hall–Kier alpha value is -2.70. The minimum Gasteiger partial charge on any atom is -0.369 e. The summed E-state index contributed by atoms with van der Waals surface area (Å²) in [6.07, 6.45) is 0. The molecule has 7 heteroatoms. The quantitative estimate of drug-likeness (QED) is 0.893. The first-order valence-electron chi connectivity index (χ1n) is 7.50. The second kappa shape index (κ2) is 5.49. The number of fused-ring (bicyclic) bond motifs is 1. The van der Waals surface area contributed by atoms with E-state index < -0.39 is 5.91 Å². The number of nitrogens with two attached hydrogens (primary N) is 1. The molecule has 1 aromatic heterocycles. The van der Waals surface area contributed by atoms with Crippen molar-refractivity contribution in [1.29, 1.82) is 0 Å². The van der Waals surface area contributed by atoms with E-state index in [1.165, 1.54) is 9.58 Å². The normalized spacial score (nSPS) is 15.0. The molecule has 0 spiro atoms. The second-order valence-corrected chi connectivity index (χ2v) is 6.05. The molecule has 1 aliphatic rings. The lowest BCUT2D eigenvalue weighted by atomic mass is 9.98. The van der Waals surface area contributed by atoms with Crippen LogP contribution in [0.2, 0.25) is 0 Å². The van der Waals surface area contributed by atoms with Crippen LogP contribution < -0.4 is 11.3 Å². The molecule has 1 aliphatic heterocycles. The molecule has 1 fully saturated rings. The van der Waals surface area contributed by atoms with Crippen molar-refractivity contribution in [1.82, 2.24) is 14.7 Å². The lowest BCUT2D eigenvalue weighted by molar-refractivity contribution is -0.125. The van der Waals surface area contributed by atoms with E-state index in [2.05, 4.69) is 5.10 Å². The number of carbonyl (C=O) groups excluding carboxylic acids is 2. The molecule has 120 valence electrons. The second-order valence-electron chi connectivity index (χ2n) is 6.05. The van der Waals surface area contributed by atoms with Gasteiger partial charge in [-0.25, -0.2) is 4.68 Å². The van der Waals surface area contributed by atoms with Gasteiger partial charge in [0, 0.05) is 18.5 Å². The van der Waals surface area contributed by atoms with Crippen LogP contribution in [0.25, 0.3) is 10.8 Å². The predicted molar refractivity (Wildman–Crippen MR) is 85.0 cm³/mol. The number of primary amides is 1. The average molecular weight is 314 g/mol. The number of hydrogen-bond donors (Lipinski definition) is 1. The Kier molecular flexibility index (Phi) is 3.63. The third-order valence-corrected chi connectivity index (χ3v) is 4.09. The number of hydrogen-bond acceptors (Lipinski definition) is 4. The Balaban J connectivity index is 2.07. The molecule has 1 aromatic carbocycles. The van der Waals surface area contributed by atoms with Crippen molar-refractivity contribution >= 4 is 22.6 Å². The molecular weight excluding hydrogens is 296 g/mol. The van der Waals surface area contributed by atoms with E-state index in [9.17, 15) is 14.4 Å². The molecule has 7 nitrogen and oxygen atoms in total. The lowest BCUT2D eigenvalue weighted by Crippen LogP contribution is -2.55. The zero-order valence-corrected chi connectivity index (χ0v) is 13.0. The molecule has 23 heavy (non-hydrogen) atoms. The summed E-state index contributed by atoms with van der Waals surface area (Å²) < 4.78 is 1.32. The fourth-order valence-corrected chi connectivity index (χ4v) is 2.69. The largest absolute Gasteiger partial charge is 0.369 e. The Labute approximate surface area is 132 Å². The van der Waals surface area contributed by atoms with Gasteiger partial charge in [0.1, 0.15) is 0 Å². The molecule has 1 saturated heterocycles. The molecule has 0 saturated carbocycles. The smallest absolute Gasteiger partial charge is 0.274 e. The van der Waals surface area contributed by atoms with Gasteiger partial charge in [-0.15, -0.1) is 0 Å². The molecule has 0 atom stereocenters. The van der Waals surface area contributed by atoms with Gasteiger partial charge in [-0.2, -0.15) is 5.10 Å². The van der Waals surface area contributed by atoms with Crippen LogP contribution in [-0.4, -0.2) is 39.6 Å². The highest BCUT2D eigenvalue weighted by Gasteiger charge is 2.36. The first-order chi connectivity index (χ1) is 10.9. The summed E-state index contributed by atoms with van der Waals surface area (Å²) in [4.78, 5) is 37.8. The predicted octanol–water partition coefficient (Wildman–Crippen LogP) is 0.535. The summed E-state index contributed by atoms with van der Waals surface area (Å²) in [5.74, 6) is -0.992. The number of likely N-dealkylation sites (tertiary alicyclic amines) is 1. The van der Waals surface area contributed by atoms with Gasteiger partial charge in [0.2, 0.25) is 5.91 Å². The van der Waals surface area contributed by atoms with Crippen LogP contribution in [0.1, 0.15) is 30.4 Å². The summed E-state index contributed by atoms with van der Waals surface area (Å²) in [5.41, 5.74) is 5.25. The number of nitrogens with zero attached hydrogens (tertiary/aromatic N) is 3. The van der Waals surface area contributed by atoms with E-state index in [1.807, 2.05) is 13.8 Å². The topological polar surface area (TPSA) is 98.3 Å². The molecule has 2 aromatic rings. The molecule has 3 rings (SSSR count). The van der Waals surface area contributed by atoms with Crippen LogP contribution >= 0.6 is 0 Å². The van der Waals surface area contributed by atoms with E-state index in [0.29, 0.717) is 23.9 Å². The maximum atomic E-state index is 12.7. The molecule has 2 N–H and O–H groups in total. The van der Waals surface area contributed by atoms with Gasteiger partial charge in [-0.1, -0.05) is 18.2 Å². The summed E-state index contributed by atoms with van der Waals surface area (Å²) in [6, 6.07) is 6.77. The highest BCUT2D eigenvalue weighted by molar-refractivity contribution is 6.05. The van der Waals surface area contributed by atoms with Crippen LogP contribution in [0, 0.1) is 5.92 Å². The third kappa shape index (κ3) is 2.48. The van der Waals surface area contributed by atoms with Crippen molar-refractivity contribution in [2.45, 2.75) is 19.9 Å². The third-order valence-electron chi connectivity index (χ3n) is 4.09. The molecule has 0 aliphatic carbocycles. The Morgan fingerprint density at radius 1 is 1.22 bits per heavy atom. The standard InChI is InChI=1S/C16H18N4O3/c1-9(2)20-15(22)12-6-4-3-5-11(12)13(18-20)16(23)19-7-10(8-19)14(17)21/h3-6,9-10H,7-8H2,1-2H3,(H2,17,21). The number of amides is 2. The van der Waals surface area contributed by atoms with Gasteiger partial charge >= 0.3 is 0 Å². The summed E-state index contributed by atoms with van der Waals surface area (Å²) >= 11 is 0. The first-order valence-corrected chi connectivity index (χ1v) is 7.50. The van der Waals surface area contributed by atoms with Gasteiger partial charge in [0.15, 0.2) is 5.69 Å². The molecule has 2 heterocycles. The van der Waals surface area contributed by atoms with Crippen LogP contribution in [0.15, 0.2) is 29.1 Å². The Bertz CT molecular complexity index is 850. The van der Waals surface area contributed by atoms with Crippen molar-refractivity contribution in [2.75, 3.05) is 13.1 Å². The van der Waals surface area contributed by atoms with Crippen molar-refractivity contribution in [3.8, 4) is 0 Å². The minimum atomic E-state index is -0.404. The summed E-state index contributed by atoms with van der Waals surface area (Å²) in [6.45, 7) is 4.27. The fourth-order valence-electron chi connectivity index (χ4n) is 2.69. The molecule has 0 radical (unpaired) electrons. The maximum absolute atomic E-state index is 12.7. The van der Waals surface area contributed by atoms with Gasteiger partial charge < -0.3 is 10.6 Å². The summed E-state index contributed by atoms with van der Waals surface area (Å²) in [7, 11) is 0. The average Bonchev–Trinajstić information content (AvgIpc) is 2.45. The zero-order valence-electron chi connectivity index (χ0n) is 13.0. The first kappa shape index (κ1) is 15.2. The minimum absolute atomic E-state index is 0.159. The van der Waals surface area contributed by atoms with Gasteiger partial charge in [0.25, 0.3) is 11.5 Å². The van der Waals surface area contributed by atoms with Crippen molar-refractivity contribution in [2.24, 2.45) is 11.7 Å². The SMILES string of the molecule is CC(C)n1nc(C(=O)N2CC(C(N)=O)C2)c2ccccc2c1=O. The van der Waals surface area contributed by atoms with Crippen LogP contribution in [0.5, 0.6) is 0 Å². The molecule has 2 amide bonds. The number of aromatic nitrogens is 2. The Morgan fingerprint density at radius 2 is 1.83 bits per heavy atom. The molecule has 0 unspecified atom stereocenters. The number of carbonyl (C=O) groups is 2. The van der Waals surface area contributed by atoms with Crippen molar-refractivity contribution in [3.63, 3.8) is 0 Å². The van der Waals surface area contributed by atoms with Gasteiger partial charge in [-0.05, 0) is 19.9 Å². The fraction of sp³-hybridized carbons (Fsp3) is 0.375. The van der Waals surface area contributed by atoms with Crippen LogP contribution in [-0.2, 0) is 4.79 Å². The van der Waals surface area contributed by atoms with E-state index in [0.717, 1.165) is 0 Å². The Morgan fingerprint density at radius 3 is 2.39 bits per heavy atom. The van der Waals surface area contributed by atoms with E-state index >= 15 is 0 Å². The van der Waals surface area contributed by atoms with E-state index in [-0.39, 0.29) is 29.1 Å². The zero-order chi connectivity index (χ0) is 16.7. The molecular formula is C16H18N4O3. The van der Waals surface area contributed by atoms with Gasteiger partial charge in [-0.3, -0.25) is 14.4 Å².